The van der Waals surface area contributed by atoms with Gasteiger partial charge in [0.05, 0.1) is 12.1 Å². The largest absolute Gasteiger partial charge is 0.250 e. The number of aromatic nitrogens is 3. The van der Waals surface area contributed by atoms with Crippen molar-refractivity contribution < 1.29 is 4.21 Å². The Morgan fingerprint density at radius 2 is 2.14 bits per heavy atom. The van der Waals surface area contributed by atoms with Gasteiger partial charge in [-0.15, -0.1) is 5.10 Å². The van der Waals surface area contributed by atoms with Crippen molar-refractivity contribution >= 4 is 10.8 Å². The molecule has 1 unspecified atom stereocenters. The fraction of sp³-hybridized carbons (Fsp3) is 0.400. The lowest BCUT2D eigenvalue weighted by Crippen LogP contribution is -2.09. The number of nitriles is 1. The second-order valence-corrected chi connectivity index (χ2v) is 7.07. The van der Waals surface area contributed by atoms with Crippen LogP contribution in [0.4, 0.5) is 0 Å². The molecule has 1 aromatic heterocycles. The number of benzene rings is 1. The van der Waals surface area contributed by atoms with Crippen LogP contribution in [0.15, 0.2) is 35.5 Å². The van der Waals surface area contributed by atoms with Crippen molar-refractivity contribution in [2.45, 2.75) is 35.9 Å². The molecule has 1 aliphatic heterocycles. The summed E-state index contributed by atoms with van der Waals surface area (Å²) >= 11 is 0. The Morgan fingerprint density at radius 3 is 2.81 bits per heavy atom. The smallest absolute Gasteiger partial charge is 0.240 e. The number of nitrogens with zero attached hydrogens (tertiary/aromatic N) is 4. The molecule has 0 N–H and O–H groups in total. The minimum atomic E-state index is -1.42. The summed E-state index contributed by atoms with van der Waals surface area (Å²) in [5.41, 5.74) is 1.34. The van der Waals surface area contributed by atoms with E-state index in [2.05, 4.69) is 22.2 Å². The van der Waals surface area contributed by atoms with Crippen molar-refractivity contribution in [2.75, 3.05) is 5.75 Å². The lowest BCUT2D eigenvalue weighted by Gasteiger charge is -2.12. The van der Waals surface area contributed by atoms with Gasteiger partial charge in [-0.2, -0.15) is 5.26 Å². The molecular formula is C15H14N4OS. The van der Waals surface area contributed by atoms with Crippen LogP contribution in [0.3, 0.4) is 0 Å². The lowest BCUT2D eigenvalue weighted by atomic mass is 9.97. The zero-order chi connectivity index (χ0) is 14.4. The topological polar surface area (TPSA) is 71.6 Å². The molecule has 6 heteroatoms. The average Bonchev–Trinajstić information content (AvgIpc) is 3.04. The van der Waals surface area contributed by atoms with Gasteiger partial charge in [0, 0.05) is 5.41 Å². The molecule has 1 fully saturated rings. The molecule has 0 radical (unpaired) electrons. The molecule has 2 aromatic rings. The molecule has 1 spiro atoms. The van der Waals surface area contributed by atoms with Crippen molar-refractivity contribution in [1.29, 1.82) is 5.26 Å². The van der Waals surface area contributed by atoms with Gasteiger partial charge in [0.2, 0.25) is 5.16 Å². The van der Waals surface area contributed by atoms with Crippen LogP contribution in [0.2, 0.25) is 0 Å². The van der Waals surface area contributed by atoms with E-state index in [1.165, 1.54) is 5.56 Å². The minimum absolute atomic E-state index is 0.0491. The third-order valence-electron chi connectivity index (χ3n) is 4.40. The molecule has 5 nitrogen and oxygen atoms in total. The Kier molecular flexibility index (Phi) is 2.73. The highest BCUT2D eigenvalue weighted by molar-refractivity contribution is 7.85. The van der Waals surface area contributed by atoms with Gasteiger partial charge in [-0.1, -0.05) is 30.3 Å². The summed E-state index contributed by atoms with van der Waals surface area (Å²) in [6, 6.07) is 12.3. The summed E-state index contributed by atoms with van der Waals surface area (Å²) in [6.45, 7) is 0. The van der Waals surface area contributed by atoms with Crippen LogP contribution >= 0.6 is 0 Å². The standard InChI is InChI=1S/C15H14N4OS/c16-8-9-21(20)14-17-13-15(6-7-15)10-12(19(13)18-14)11-4-2-1-3-5-11/h1-5,12H,6-7,9-10H2/t12-,21?/m0/s1. The number of fused-ring (bicyclic) bond motifs is 2. The fourth-order valence-corrected chi connectivity index (χ4v) is 3.78. The lowest BCUT2D eigenvalue weighted by molar-refractivity contribution is 0.519. The summed E-state index contributed by atoms with van der Waals surface area (Å²) in [4.78, 5) is 4.50. The van der Waals surface area contributed by atoms with Gasteiger partial charge in [0.25, 0.3) is 0 Å². The maximum absolute atomic E-state index is 12.0. The quantitative estimate of drug-likeness (QED) is 0.868. The molecule has 4 rings (SSSR count). The van der Waals surface area contributed by atoms with Gasteiger partial charge in [-0.05, 0) is 24.8 Å². The van der Waals surface area contributed by atoms with Crippen LogP contribution in [0.5, 0.6) is 0 Å². The third kappa shape index (κ3) is 1.92. The van der Waals surface area contributed by atoms with Gasteiger partial charge < -0.3 is 0 Å². The van der Waals surface area contributed by atoms with Crippen LogP contribution in [0, 0.1) is 11.3 Å². The van der Waals surface area contributed by atoms with Crippen LogP contribution in [0.1, 0.15) is 36.7 Å². The molecule has 0 saturated heterocycles. The molecule has 2 aliphatic rings. The van der Waals surface area contributed by atoms with Gasteiger partial charge in [0.15, 0.2) is 0 Å². The Hall–Kier alpha value is -2.00. The molecule has 2 heterocycles. The van der Waals surface area contributed by atoms with Gasteiger partial charge in [0.1, 0.15) is 22.4 Å². The molecular weight excluding hydrogens is 284 g/mol. The van der Waals surface area contributed by atoms with E-state index in [1.54, 1.807) is 0 Å². The van der Waals surface area contributed by atoms with E-state index in [1.807, 2.05) is 29.0 Å². The summed E-state index contributed by atoms with van der Waals surface area (Å²) in [7, 11) is -1.42. The van der Waals surface area contributed by atoms with Crippen LogP contribution < -0.4 is 0 Å². The second kappa shape index (κ2) is 4.50. The SMILES string of the molecule is N#CCS(=O)c1nc2n(n1)[C@H](c1ccccc1)CC21CC1. The molecule has 1 saturated carbocycles. The minimum Gasteiger partial charge on any atom is -0.250 e. The molecule has 0 amide bonds. The molecule has 21 heavy (non-hydrogen) atoms. The first-order valence-electron chi connectivity index (χ1n) is 7.01. The summed E-state index contributed by atoms with van der Waals surface area (Å²) in [5.74, 6) is 0.907. The van der Waals surface area contributed by atoms with E-state index in [4.69, 9.17) is 5.26 Å². The first-order chi connectivity index (χ1) is 10.2. The molecule has 106 valence electrons. The first-order valence-corrected chi connectivity index (χ1v) is 8.33. The summed E-state index contributed by atoms with van der Waals surface area (Å²) in [5, 5.41) is 13.4. The molecule has 0 bridgehead atoms. The highest BCUT2D eigenvalue weighted by Crippen LogP contribution is 2.58. The van der Waals surface area contributed by atoms with Crippen molar-refractivity contribution in [3.05, 3.63) is 41.7 Å². The number of rotatable bonds is 3. The van der Waals surface area contributed by atoms with E-state index < -0.39 is 10.8 Å². The summed E-state index contributed by atoms with van der Waals surface area (Å²) < 4.78 is 13.9. The van der Waals surface area contributed by atoms with E-state index in [0.29, 0.717) is 5.16 Å². The van der Waals surface area contributed by atoms with E-state index in [-0.39, 0.29) is 17.2 Å². The monoisotopic (exact) mass is 298 g/mol. The molecule has 2 atom stereocenters. The van der Waals surface area contributed by atoms with E-state index in [0.717, 1.165) is 25.1 Å². The maximum atomic E-state index is 12.0. The Bertz CT molecular complexity index is 758. The number of hydrogen-bond acceptors (Lipinski definition) is 4. The average molecular weight is 298 g/mol. The zero-order valence-electron chi connectivity index (χ0n) is 11.4. The molecule has 1 aromatic carbocycles. The normalized spacial score (nSPS) is 22.7. The molecule has 1 aliphatic carbocycles. The second-order valence-electron chi connectivity index (χ2n) is 5.72. The Labute approximate surface area is 125 Å². The predicted molar refractivity (Wildman–Crippen MR) is 77.0 cm³/mol. The maximum Gasteiger partial charge on any atom is 0.240 e. The predicted octanol–water partition coefficient (Wildman–Crippen LogP) is 1.93. The highest BCUT2D eigenvalue weighted by Gasteiger charge is 2.55. The van der Waals surface area contributed by atoms with E-state index >= 15 is 0 Å². The van der Waals surface area contributed by atoms with Crippen molar-refractivity contribution in [3.8, 4) is 6.07 Å². The zero-order valence-corrected chi connectivity index (χ0v) is 12.2. The van der Waals surface area contributed by atoms with Crippen molar-refractivity contribution in [2.24, 2.45) is 0 Å². The van der Waals surface area contributed by atoms with Crippen LogP contribution in [-0.4, -0.2) is 24.7 Å². The van der Waals surface area contributed by atoms with Gasteiger partial charge in [-0.25, -0.2) is 13.9 Å². The van der Waals surface area contributed by atoms with Crippen LogP contribution in [-0.2, 0) is 16.2 Å². The van der Waals surface area contributed by atoms with E-state index in [9.17, 15) is 4.21 Å². The number of hydrogen-bond donors (Lipinski definition) is 0. The van der Waals surface area contributed by atoms with Gasteiger partial charge >= 0.3 is 0 Å². The van der Waals surface area contributed by atoms with Crippen molar-refractivity contribution in [1.82, 2.24) is 14.8 Å². The van der Waals surface area contributed by atoms with Crippen molar-refractivity contribution in [3.63, 3.8) is 0 Å². The fourth-order valence-electron chi connectivity index (χ4n) is 3.16. The van der Waals surface area contributed by atoms with Gasteiger partial charge in [-0.3, -0.25) is 0 Å². The first kappa shape index (κ1) is 12.7. The Balaban J connectivity index is 1.77. The summed E-state index contributed by atoms with van der Waals surface area (Å²) in [6.07, 6.45) is 3.27. The third-order valence-corrected chi connectivity index (χ3v) is 5.37. The highest BCUT2D eigenvalue weighted by atomic mass is 32.2. The Morgan fingerprint density at radius 1 is 1.38 bits per heavy atom. The van der Waals surface area contributed by atoms with Crippen LogP contribution in [0.25, 0.3) is 0 Å².